The van der Waals surface area contributed by atoms with Gasteiger partial charge in [-0.3, -0.25) is 4.90 Å². The molecule has 0 bridgehead atoms. The van der Waals surface area contributed by atoms with Gasteiger partial charge in [0.15, 0.2) is 0 Å². The molecule has 0 heterocycles. The van der Waals surface area contributed by atoms with Gasteiger partial charge in [-0.2, -0.15) is 0 Å². The van der Waals surface area contributed by atoms with Gasteiger partial charge in [-0.15, -0.1) is 0 Å². The molecular formula is C16H28N2. The first-order valence-electron chi connectivity index (χ1n) is 7.22. The number of benzene rings is 1. The number of hydrogen-bond donors (Lipinski definition) is 1. The maximum atomic E-state index is 5.94. The minimum Gasteiger partial charge on any atom is -0.329 e. The molecule has 0 aliphatic heterocycles. The predicted octanol–water partition coefficient (Wildman–Crippen LogP) is 3.37. The molecule has 0 spiro atoms. The fourth-order valence-electron chi connectivity index (χ4n) is 2.31. The standard InChI is InChI=1S/C16H28N2/c1-4-6-7-12-18(3)16(13-17)15-10-8-14(5-2)9-11-15/h8-11,16H,4-7,12-13,17H2,1-3H3. The average molecular weight is 248 g/mol. The number of hydrogen-bond acceptors (Lipinski definition) is 2. The quantitative estimate of drug-likeness (QED) is 0.715. The molecule has 1 aromatic rings. The molecule has 0 saturated heterocycles. The van der Waals surface area contributed by atoms with Gasteiger partial charge in [-0.05, 0) is 37.6 Å². The third-order valence-electron chi connectivity index (χ3n) is 3.64. The van der Waals surface area contributed by atoms with Crippen molar-refractivity contribution < 1.29 is 0 Å². The lowest BCUT2D eigenvalue weighted by atomic mass is 10.0. The molecular weight excluding hydrogens is 220 g/mol. The Balaban J connectivity index is 2.62. The normalized spacial score (nSPS) is 12.9. The Labute approximate surface area is 112 Å². The molecule has 0 aliphatic carbocycles. The van der Waals surface area contributed by atoms with Crippen LogP contribution in [0, 0.1) is 0 Å². The minimum absolute atomic E-state index is 0.354. The Morgan fingerprint density at radius 3 is 2.28 bits per heavy atom. The summed E-state index contributed by atoms with van der Waals surface area (Å²) in [6.45, 7) is 6.25. The molecule has 18 heavy (non-hydrogen) atoms. The van der Waals surface area contributed by atoms with Crippen molar-refractivity contribution in [3.05, 3.63) is 35.4 Å². The zero-order valence-electron chi connectivity index (χ0n) is 12.2. The Kier molecular flexibility index (Phi) is 6.99. The van der Waals surface area contributed by atoms with Crippen molar-refractivity contribution in [2.75, 3.05) is 20.1 Å². The van der Waals surface area contributed by atoms with Crippen molar-refractivity contribution in [2.45, 2.75) is 45.6 Å². The van der Waals surface area contributed by atoms with E-state index in [0.717, 1.165) is 13.0 Å². The highest BCUT2D eigenvalue weighted by atomic mass is 15.1. The Hall–Kier alpha value is -0.860. The molecule has 2 heteroatoms. The second-order valence-corrected chi connectivity index (χ2v) is 5.03. The minimum atomic E-state index is 0.354. The Morgan fingerprint density at radius 1 is 1.11 bits per heavy atom. The van der Waals surface area contributed by atoms with Crippen molar-refractivity contribution >= 4 is 0 Å². The van der Waals surface area contributed by atoms with Crippen molar-refractivity contribution in [1.82, 2.24) is 4.90 Å². The van der Waals surface area contributed by atoms with Gasteiger partial charge in [0.2, 0.25) is 0 Å². The second-order valence-electron chi connectivity index (χ2n) is 5.03. The van der Waals surface area contributed by atoms with Crippen LogP contribution in [0.25, 0.3) is 0 Å². The number of nitrogens with zero attached hydrogens (tertiary/aromatic N) is 1. The van der Waals surface area contributed by atoms with Gasteiger partial charge < -0.3 is 5.73 Å². The zero-order valence-corrected chi connectivity index (χ0v) is 12.2. The first-order chi connectivity index (χ1) is 8.72. The monoisotopic (exact) mass is 248 g/mol. The van der Waals surface area contributed by atoms with E-state index >= 15 is 0 Å². The van der Waals surface area contributed by atoms with Crippen LogP contribution in [0.4, 0.5) is 0 Å². The number of unbranched alkanes of at least 4 members (excludes halogenated alkanes) is 2. The highest BCUT2D eigenvalue weighted by Gasteiger charge is 2.14. The number of nitrogens with two attached hydrogens (primary N) is 1. The molecule has 0 aliphatic rings. The summed E-state index contributed by atoms with van der Waals surface area (Å²) in [5.74, 6) is 0. The fourth-order valence-corrected chi connectivity index (χ4v) is 2.31. The zero-order chi connectivity index (χ0) is 13.4. The molecule has 102 valence electrons. The van der Waals surface area contributed by atoms with E-state index in [9.17, 15) is 0 Å². The Bertz CT molecular complexity index is 318. The van der Waals surface area contributed by atoms with Crippen LogP contribution in [0.15, 0.2) is 24.3 Å². The molecule has 0 radical (unpaired) electrons. The van der Waals surface area contributed by atoms with Crippen LogP contribution in [-0.4, -0.2) is 25.0 Å². The van der Waals surface area contributed by atoms with E-state index in [-0.39, 0.29) is 0 Å². The lowest BCUT2D eigenvalue weighted by Gasteiger charge is -2.27. The van der Waals surface area contributed by atoms with Crippen LogP contribution in [0.3, 0.4) is 0 Å². The van der Waals surface area contributed by atoms with Crippen LogP contribution >= 0.6 is 0 Å². The first kappa shape index (κ1) is 15.2. The molecule has 0 fully saturated rings. The largest absolute Gasteiger partial charge is 0.329 e. The van der Waals surface area contributed by atoms with E-state index in [2.05, 4.69) is 50.1 Å². The topological polar surface area (TPSA) is 29.3 Å². The van der Waals surface area contributed by atoms with E-state index in [1.165, 1.54) is 30.4 Å². The summed E-state index contributed by atoms with van der Waals surface area (Å²) in [5.41, 5.74) is 8.67. The third-order valence-corrected chi connectivity index (χ3v) is 3.64. The summed E-state index contributed by atoms with van der Waals surface area (Å²) >= 11 is 0. The molecule has 0 amide bonds. The van der Waals surface area contributed by atoms with Gasteiger partial charge in [0.1, 0.15) is 0 Å². The lowest BCUT2D eigenvalue weighted by Crippen LogP contribution is -2.31. The summed E-state index contributed by atoms with van der Waals surface area (Å²) in [4.78, 5) is 2.39. The first-order valence-corrected chi connectivity index (χ1v) is 7.22. The molecule has 2 nitrogen and oxygen atoms in total. The SMILES string of the molecule is CCCCCN(C)C(CN)c1ccc(CC)cc1. The smallest absolute Gasteiger partial charge is 0.0467 e. The van der Waals surface area contributed by atoms with E-state index in [0.29, 0.717) is 12.6 Å². The van der Waals surface area contributed by atoms with Crippen LogP contribution in [0.1, 0.15) is 50.3 Å². The number of rotatable bonds is 8. The van der Waals surface area contributed by atoms with Crippen LogP contribution in [0.2, 0.25) is 0 Å². The van der Waals surface area contributed by atoms with Crippen molar-refractivity contribution in [3.63, 3.8) is 0 Å². The third kappa shape index (κ3) is 4.43. The van der Waals surface area contributed by atoms with Crippen molar-refractivity contribution in [2.24, 2.45) is 5.73 Å². The number of aryl methyl sites for hydroxylation is 1. The van der Waals surface area contributed by atoms with E-state index in [1.54, 1.807) is 0 Å². The van der Waals surface area contributed by atoms with E-state index in [1.807, 2.05) is 0 Å². The van der Waals surface area contributed by atoms with Gasteiger partial charge in [0.05, 0.1) is 0 Å². The van der Waals surface area contributed by atoms with Gasteiger partial charge in [-0.25, -0.2) is 0 Å². The van der Waals surface area contributed by atoms with Crippen molar-refractivity contribution in [3.8, 4) is 0 Å². The highest BCUT2D eigenvalue weighted by molar-refractivity contribution is 5.25. The average Bonchev–Trinajstić information content (AvgIpc) is 2.41. The highest BCUT2D eigenvalue weighted by Crippen LogP contribution is 2.19. The van der Waals surface area contributed by atoms with Crippen molar-refractivity contribution in [1.29, 1.82) is 0 Å². The summed E-state index contributed by atoms with van der Waals surface area (Å²) in [6, 6.07) is 9.25. The second kappa shape index (κ2) is 8.28. The maximum Gasteiger partial charge on any atom is 0.0467 e. The molecule has 1 rings (SSSR count). The van der Waals surface area contributed by atoms with E-state index in [4.69, 9.17) is 5.73 Å². The van der Waals surface area contributed by atoms with Gasteiger partial charge in [-0.1, -0.05) is 51.0 Å². The summed E-state index contributed by atoms with van der Waals surface area (Å²) in [6.07, 6.45) is 4.93. The molecule has 1 unspecified atom stereocenters. The molecule has 2 N–H and O–H groups in total. The Morgan fingerprint density at radius 2 is 1.78 bits per heavy atom. The van der Waals surface area contributed by atoms with Gasteiger partial charge in [0.25, 0.3) is 0 Å². The maximum absolute atomic E-state index is 5.94. The van der Waals surface area contributed by atoms with E-state index < -0.39 is 0 Å². The fraction of sp³-hybridized carbons (Fsp3) is 0.625. The van der Waals surface area contributed by atoms with Gasteiger partial charge in [0, 0.05) is 12.6 Å². The predicted molar refractivity (Wildman–Crippen MR) is 79.8 cm³/mol. The van der Waals surface area contributed by atoms with Crippen LogP contribution < -0.4 is 5.73 Å². The molecule has 1 atom stereocenters. The summed E-state index contributed by atoms with van der Waals surface area (Å²) in [7, 11) is 2.18. The summed E-state index contributed by atoms with van der Waals surface area (Å²) < 4.78 is 0. The van der Waals surface area contributed by atoms with Gasteiger partial charge >= 0.3 is 0 Å². The molecule has 0 saturated carbocycles. The van der Waals surface area contributed by atoms with Crippen LogP contribution in [0.5, 0.6) is 0 Å². The molecule has 0 aromatic heterocycles. The molecule has 1 aromatic carbocycles. The van der Waals surface area contributed by atoms with Crippen LogP contribution in [-0.2, 0) is 6.42 Å². The summed E-state index contributed by atoms with van der Waals surface area (Å²) in [5, 5.41) is 0. The number of likely N-dealkylation sites (N-methyl/N-ethyl adjacent to an activating group) is 1. The lowest BCUT2D eigenvalue weighted by molar-refractivity contribution is 0.245.